The standard InChI is InChI=1S/C23H19ClN4O2/c1-15-5-3-4-6-20(15)25-23(29)21-26-22(16-7-9-17(24)10-8-16)28(27-21)18-11-13-19(30-2)14-12-18/h3-14H,1-2H3,(H,25,29). The number of rotatable bonds is 5. The molecule has 0 saturated heterocycles. The summed E-state index contributed by atoms with van der Waals surface area (Å²) in [5, 5.41) is 7.98. The first-order valence-corrected chi connectivity index (χ1v) is 9.67. The van der Waals surface area contributed by atoms with Gasteiger partial charge in [-0.15, -0.1) is 5.10 Å². The van der Waals surface area contributed by atoms with Gasteiger partial charge in [0.2, 0.25) is 5.82 Å². The Morgan fingerprint density at radius 1 is 1.00 bits per heavy atom. The van der Waals surface area contributed by atoms with Crippen molar-refractivity contribution < 1.29 is 9.53 Å². The molecule has 0 bridgehead atoms. The van der Waals surface area contributed by atoms with E-state index >= 15 is 0 Å². The van der Waals surface area contributed by atoms with Gasteiger partial charge in [-0.25, -0.2) is 9.67 Å². The van der Waals surface area contributed by atoms with Crippen molar-refractivity contribution >= 4 is 23.2 Å². The molecular weight excluding hydrogens is 400 g/mol. The monoisotopic (exact) mass is 418 g/mol. The van der Waals surface area contributed by atoms with Gasteiger partial charge in [0.25, 0.3) is 5.91 Å². The van der Waals surface area contributed by atoms with Crippen molar-refractivity contribution in [1.29, 1.82) is 0 Å². The second-order valence-corrected chi connectivity index (χ2v) is 7.08. The number of hydrogen-bond donors (Lipinski definition) is 1. The van der Waals surface area contributed by atoms with Crippen LogP contribution in [0.4, 0.5) is 5.69 Å². The number of amides is 1. The Morgan fingerprint density at radius 2 is 1.70 bits per heavy atom. The Bertz CT molecular complexity index is 1180. The molecule has 1 heterocycles. The van der Waals surface area contributed by atoms with Crippen LogP contribution < -0.4 is 10.1 Å². The average molecular weight is 419 g/mol. The highest BCUT2D eigenvalue weighted by atomic mass is 35.5. The zero-order valence-electron chi connectivity index (χ0n) is 16.5. The fourth-order valence-electron chi connectivity index (χ4n) is 2.99. The summed E-state index contributed by atoms with van der Waals surface area (Å²) >= 11 is 6.03. The lowest BCUT2D eigenvalue weighted by atomic mass is 10.2. The van der Waals surface area contributed by atoms with Gasteiger partial charge in [0.1, 0.15) is 5.75 Å². The zero-order chi connectivity index (χ0) is 21.1. The summed E-state index contributed by atoms with van der Waals surface area (Å²) in [4.78, 5) is 17.4. The molecule has 30 heavy (non-hydrogen) atoms. The van der Waals surface area contributed by atoms with Gasteiger partial charge in [0.15, 0.2) is 5.82 Å². The molecule has 0 aliphatic heterocycles. The van der Waals surface area contributed by atoms with Crippen LogP contribution in [0.15, 0.2) is 72.8 Å². The van der Waals surface area contributed by atoms with Gasteiger partial charge in [-0.05, 0) is 67.1 Å². The number of hydrogen-bond acceptors (Lipinski definition) is 4. The highest BCUT2D eigenvalue weighted by Gasteiger charge is 2.19. The number of methoxy groups -OCH3 is 1. The smallest absolute Gasteiger partial charge is 0.295 e. The summed E-state index contributed by atoms with van der Waals surface area (Å²) in [5.41, 5.74) is 3.22. The second-order valence-electron chi connectivity index (χ2n) is 6.64. The number of carbonyl (C=O) groups is 1. The summed E-state index contributed by atoms with van der Waals surface area (Å²) in [7, 11) is 1.61. The van der Waals surface area contributed by atoms with E-state index in [2.05, 4.69) is 15.4 Å². The molecular formula is C23H19ClN4O2. The average Bonchev–Trinajstić information content (AvgIpc) is 3.21. The Balaban J connectivity index is 1.75. The maximum atomic E-state index is 12.9. The fourth-order valence-corrected chi connectivity index (χ4v) is 3.11. The predicted octanol–water partition coefficient (Wildman–Crippen LogP) is 5.16. The number of halogens is 1. The van der Waals surface area contributed by atoms with E-state index in [1.54, 1.807) is 23.9 Å². The number of benzene rings is 3. The summed E-state index contributed by atoms with van der Waals surface area (Å²) < 4.78 is 6.86. The third kappa shape index (κ3) is 4.04. The van der Waals surface area contributed by atoms with Crippen LogP contribution in [0.5, 0.6) is 5.75 Å². The van der Waals surface area contributed by atoms with Crippen LogP contribution >= 0.6 is 11.6 Å². The van der Waals surface area contributed by atoms with Crippen LogP contribution in [-0.2, 0) is 0 Å². The first kappa shape index (κ1) is 19.7. The molecule has 0 aliphatic rings. The third-order valence-electron chi connectivity index (χ3n) is 4.62. The van der Waals surface area contributed by atoms with E-state index in [0.717, 1.165) is 28.3 Å². The number of nitrogens with one attached hydrogen (secondary N) is 1. The number of aryl methyl sites for hydroxylation is 1. The Kier molecular flexibility index (Phi) is 5.50. The summed E-state index contributed by atoms with van der Waals surface area (Å²) in [6.45, 7) is 1.93. The molecule has 4 rings (SSSR count). The van der Waals surface area contributed by atoms with Crippen LogP contribution in [0.1, 0.15) is 16.2 Å². The van der Waals surface area contributed by atoms with Gasteiger partial charge in [-0.3, -0.25) is 4.79 Å². The fraction of sp³-hybridized carbons (Fsp3) is 0.0870. The Hall–Kier alpha value is -3.64. The lowest BCUT2D eigenvalue weighted by Gasteiger charge is -2.07. The Labute approximate surface area is 179 Å². The molecule has 150 valence electrons. The Morgan fingerprint density at radius 3 is 2.37 bits per heavy atom. The van der Waals surface area contributed by atoms with Gasteiger partial charge < -0.3 is 10.1 Å². The van der Waals surface area contributed by atoms with E-state index in [1.807, 2.05) is 67.6 Å². The molecule has 0 saturated carbocycles. The summed E-state index contributed by atoms with van der Waals surface area (Å²) in [5.74, 6) is 0.946. The molecule has 7 heteroatoms. The highest BCUT2D eigenvalue weighted by Crippen LogP contribution is 2.25. The number of nitrogens with zero attached hydrogens (tertiary/aromatic N) is 3. The highest BCUT2D eigenvalue weighted by molar-refractivity contribution is 6.30. The minimum Gasteiger partial charge on any atom is -0.497 e. The number of aromatic nitrogens is 3. The molecule has 1 amide bonds. The molecule has 0 atom stereocenters. The summed E-state index contributed by atoms with van der Waals surface area (Å²) in [6, 6.07) is 22.2. The summed E-state index contributed by atoms with van der Waals surface area (Å²) in [6.07, 6.45) is 0. The van der Waals surface area contributed by atoms with E-state index in [9.17, 15) is 4.79 Å². The SMILES string of the molecule is COc1ccc(-n2nc(C(=O)Nc3ccccc3C)nc2-c2ccc(Cl)cc2)cc1. The van der Waals surface area contributed by atoms with E-state index in [0.29, 0.717) is 10.8 Å². The molecule has 6 nitrogen and oxygen atoms in total. The van der Waals surface area contributed by atoms with Crippen molar-refractivity contribution in [2.24, 2.45) is 0 Å². The second kappa shape index (κ2) is 8.39. The molecule has 1 aromatic heterocycles. The van der Waals surface area contributed by atoms with Crippen LogP contribution in [0.2, 0.25) is 5.02 Å². The van der Waals surface area contributed by atoms with E-state index in [-0.39, 0.29) is 11.7 Å². The van der Waals surface area contributed by atoms with Crippen LogP contribution in [0.25, 0.3) is 17.1 Å². The van der Waals surface area contributed by atoms with Gasteiger partial charge in [-0.2, -0.15) is 0 Å². The number of anilines is 1. The van der Waals surface area contributed by atoms with Crippen molar-refractivity contribution in [3.8, 4) is 22.8 Å². The predicted molar refractivity (Wildman–Crippen MR) is 117 cm³/mol. The van der Waals surface area contributed by atoms with E-state index in [1.165, 1.54) is 0 Å². The van der Waals surface area contributed by atoms with Gasteiger partial charge in [0.05, 0.1) is 12.8 Å². The van der Waals surface area contributed by atoms with Gasteiger partial charge in [0, 0.05) is 16.3 Å². The first-order valence-electron chi connectivity index (χ1n) is 9.29. The van der Waals surface area contributed by atoms with Gasteiger partial charge in [-0.1, -0.05) is 29.8 Å². The molecule has 0 spiro atoms. The molecule has 4 aromatic rings. The van der Waals surface area contributed by atoms with Crippen LogP contribution in [0, 0.1) is 6.92 Å². The van der Waals surface area contributed by atoms with Crippen molar-refractivity contribution in [3.05, 3.63) is 89.2 Å². The maximum Gasteiger partial charge on any atom is 0.295 e. The van der Waals surface area contributed by atoms with Crippen molar-refractivity contribution in [2.45, 2.75) is 6.92 Å². The largest absolute Gasteiger partial charge is 0.497 e. The number of carbonyl (C=O) groups excluding carboxylic acids is 1. The van der Waals surface area contributed by atoms with Crippen molar-refractivity contribution in [2.75, 3.05) is 12.4 Å². The molecule has 1 N–H and O–H groups in total. The molecule has 0 unspecified atom stereocenters. The minimum atomic E-state index is -0.383. The van der Waals surface area contributed by atoms with E-state index < -0.39 is 0 Å². The lowest BCUT2D eigenvalue weighted by Crippen LogP contribution is -2.15. The quantitative estimate of drug-likeness (QED) is 0.486. The van der Waals surface area contributed by atoms with Gasteiger partial charge >= 0.3 is 0 Å². The number of para-hydroxylation sites is 1. The molecule has 0 aliphatic carbocycles. The zero-order valence-corrected chi connectivity index (χ0v) is 17.2. The van der Waals surface area contributed by atoms with Crippen molar-refractivity contribution in [3.63, 3.8) is 0 Å². The first-order chi connectivity index (χ1) is 14.5. The van der Waals surface area contributed by atoms with Crippen molar-refractivity contribution in [1.82, 2.24) is 14.8 Å². The molecule has 0 radical (unpaired) electrons. The van der Waals surface area contributed by atoms with Crippen LogP contribution in [0.3, 0.4) is 0 Å². The lowest BCUT2D eigenvalue weighted by molar-refractivity contribution is 0.101. The maximum absolute atomic E-state index is 12.9. The van der Waals surface area contributed by atoms with Crippen LogP contribution in [-0.4, -0.2) is 27.8 Å². The van der Waals surface area contributed by atoms with E-state index in [4.69, 9.17) is 16.3 Å². The minimum absolute atomic E-state index is 0.0685. The normalized spacial score (nSPS) is 10.6. The third-order valence-corrected chi connectivity index (χ3v) is 4.87. The molecule has 3 aromatic carbocycles. The number of ether oxygens (including phenoxy) is 1. The topological polar surface area (TPSA) is 69.0 Å². The molecule has 0 fully saturated rings.